The predicted molar refractivity (Wildman–Crippen MR) is 64.0 cm³/mol. The fourth-order valence-electron chi connectivity index (χ4n) is 2.17. The van der Waals surface area contributed by atoms with Gasteiger partial charge >= 0.3 is 12.1 Å². The van der Waals surface area contributed by atoms with Crippen molar-refractivity contribution >= 4 is 5.97 Å². The minimum absolute atomic E-state index is 0.0189. The van der Waals surface area contributed by atoms with E-state index >= 15 is 0 Å². The van der Waals surface area contributed by atoms with E-state index in [1.54, 1.807) is 0 Å². The van der Waals surface area contributed by atoms with Gasteiger partial charge in [0.05, 0.1) is 25.9 Å². The van der Waals surface area contributed by atoms with Gasteiger partial charge in [0.15, 0.2) is 5.54 Å². The number of benzene rings is 1. The molecule has 0 saturated carbocycles. The van der Waals surface area contributed by atoms with Gasteiger partial charge in [-0.1, -0.05) is 12.1 Å². The van der Waals surface area contributed by atoms with Gasteiger partial charge < -0.3 is 9.47 Å². The van der Waals surface area contributed by atoms with E-state index in [9.17, 15) is 18.0 Å². The molecular weight excluding hydrogens is 275 g/mol. The van der Waals surface area contributed by atoms with Crippen molar-refractivity contribution in [3.8, 4) is 0 Å². The molecule has 0 aromatic heterocycles. The highest BCUT2D eigenvalue weighted by atomic mass is 19.4. The van der Waals surface area contributed by atoms with Crippen LogP contribution in [0.25, 0.3) is 0 Å². The number of methoxy groups -OCH3 is 1. The van der Waals surface area contributed by atoms with Gasteiger partial charge in [-0.15, -0.1) is 0 Å². The summed E-state index contributed by atoms with van der Waals surface area (Å²) in [5.74, 6) is -0.586. The van der Waals surface area contributed by atoms with Crippen LogP contribution < -0.4 is 5.32 Å². The molecule has 0 bridgehead atoms. The molecule has 0 aliphatic carbocycles. The SMILES string of the molecule is COC(=O)C1(c2ccc(C(F)(F)F)cc2)COCCN1. The molecule has 1 aromatic rings. The molecule has 1 fully saturated rings. The van der Waals surface area contributed by atoms with Crippen LogP contribution in [0.5, 0.6) is 0 Å². The number of carbonyl (C=O) groups is 1. The Balaban J connectivity index is 2.37. The highest BCUT2D eigenvalue weighted by molar-refractivity contribution is 5.83. The molecule has 1 atom stereocenters. The van der Waals surface area contributed by atoms with E-state index in [1.807, 2.05) is 0 Å². The molecule has 4 nitrogen and oxygen atoms in total. The molecule has 20 heavy (non-hydrogen) atoms. The van der Waals surface area contributed by atoms with Crippen LogP contribution in [0, 0.1) is 0 Å². The third kappa shape index (κ3) is 2.64. The molecule has 1 N–H and O–H groups in total. The van der Waals surface area contributed by atoms with Crippen LogP contribution in [-0.2, 0) is 26.0 Å². The molecular formula is C13H14F3NO3. The molecule has 1 aromatic carbocycles. The molecule has 0 amide bonds. The second-order valence-electron chi connectivity index (χ2n) is 4.45. The fraction of sp³-hybridized carbons (Fsp3) is 0.462. The van der Waals surface area contributed by atoms with Crippen LogP contribution in [0.3, 0.4) is 0 Å². The molecule has 1 unspecified atom stereocenters. The van der Waals surface area contributed by atoms with E-state index in [1.165, 1.54) is 19.2 Å². The van der Waals surface area contributed by atoms with Gasteiger partial charge in [0.25, 0.3) is 0 Å². The summed E-state index contributed by atoms with van der Waals surface area (Å²) in [6.45, 7) is 0.862. The Kier molecular flexibility index (Phi) is 4.01. The Hall–Kier alpha value is -1.60. The van der Waals surface area contributed by atoms with Gasteiger partial charge in [0.2, 0.25) is 0 Å². The topological polar surface area (TPSA) is 47.6 Å². The number of halogens is 3. The lowest BCUT2D eigenvalue weighted by Gasteiger charge is -2.35. The van der Waals surface area contributed by atoms with Crippen LogP contribution in [0.15, 0.2) is 24.3 Å². The Morgan fingerprint density at radius 2 is 2.00 bits per heavy atom. The number of esters is 1. The first kappa shape index (κ1) is 14.8. The van der Waals surface area contributed by atoms with E-state index in [2.05, 4.69) is 5.32 Å². The monoisotopic (exact) mass is 289 g/mol. The minimum atomic E-state index is -4.41. The number of alkyl halides is 3. The van der Waals surface area contributed by atoms with Crippen molar-refractivity contribution < 1.29 is 27.4 Å². The zero-order valence-corrected chi connectivity index (χ0v) is 10.8. The van der Waals surface area contributed by atoms with E-state index < -0.39 is 23.2 Å². The number of hydrogen-bond acceptors (Lipinski definition) is 4. The van der Waals surface area contributed by atoms with Crippen LogP contribution in [-0.4, -0.2) is 32.8 Å². The maximum Gasteiger partial charge on any atom is 0.416 e. The van der Waals surface area contributed by atoms with E-state index in [0.29, 0.717) is 18.7 Å². The molecule has 1 heterocycles. The summed E-state index contributed by atoms with van der Waals surface area (Å²) in [5.41, 5.74) is -1.63. The normalized spacial score (nSPS) is 23.4. The van der Waals surface area contributed by atoms with Gasteiger partial charge in [-0.05, 0) is 17.7 Å². The fourth-order valence-corrected chi connectivity index (χ4v) is 2.17. The molecule has 0 radical (unpaired) electrons. The molecule has 7 heteroatoms. The number of carbonyl (C=O) groups excluding carboxylic acids is 1. The average Bonchev–Trinajstić information content (AvgIpc) is 2.46. The summed E-state index contributed by atoms with van der Waals surface area (Å²) in [7, 11) is 1.23. The average molecular weight is 289 g/mol. The Morgan fingerprint density at radius 1 is 1.35 bits per heavy atom. The Bertz CT molecular complexity index is 479. The molecule has 1 aliphatic rings. The lowest BCUT2D eigenvalue weighted by molar-refractivity contribution is -0.154. The van der Waals surface area contributed by atoms with Crippen molar-refractivity contribution in [2.24, 2.45) is 0 Å². The van der Waals surface area contributed by atoms with Gasteiger partial charge in [-0.25, -0.2) is 4.79 Å². The zero-order valence-electron chi connectivity index (χ0n) is 10.8. The first-order valence-electron chi connectivity index (χ1n) is 5.99. The van der Waals surface area contributed by atoms with Crippen LogP contribution in [0.1, 0.15) is 11.1 Å². The second kappa shape index (κ2) is 5.41. The number of nitrogens with one attached hydrogen (secondary N) is 1. The number of rotatable bonds is 2. The second-order valence-corrected chi connectivity index (χ2v) is 4.45. The van der Waals surface area contributed by atoms with Gasteiger partial charge in [-0.3, -0.25) is 5.32 Å². The largest absolute Gasteiger partial charge is 0.467 e. The third-order valence-corrected chi connectivity index (χ3v) is 3.23. The summed E-state index contributed by atoms with van der Waals surface area (Å²) in [5, 5.41) is 2.98. The quantitative estimate of drug-likeness (QED) is 0.842. The standard InChI is InChI=1S/C13H14F3NO3/c1-19-11(18)12(8-20-7-6-17-12)9-2-4-10(5-3-9)13(14,15)16/h2-5,17H,6-8H2,1H3. The van der Waals surface area contributed by atoms with Crippen molar-refractivity contribution in [3.05, 3.63) is 35.4 Å². The molecule has 1 saturated heterocycles. The van der Waals surface area contributed by atoms with Crippen LogP contribution >= 0.6 is 0 Å². The van der Waals surface area contributed by atoms with E-state index in [-0.39, 0.29) is 6.61 Å². The molecule has 0 spiro atoms. The van der Waals surface area contributed by atoms with E-state index in [0.717, 1.165) is 12.1 Å². The maximum atomic E-state index is 12.6. The Labute approximate surface area is 113 Å². The van der Waals surface area contributed by atoms with Crippen molar-refractivity contribution in [2.45, 2.75) is 11.7 Å². The summed E-state index contributed by atoms with van der Waals surface area (Å²) in [6, 6.07) is 4.41. The molecule has 1 aliphatic heterocycles. The zero-order chi connectivity index (χ0) is 14.8. The van der Waals surface area contributed by atoms with Gasteiger partial charge in [0, 0.05) is 6.54 Å². The first-order valence-corrected chi connectivity index (χ1v) is 5.99. The summed E-state index contributed by atoms with van der Waals surface area (Å²) < 4.78 is 47.7. The lowest BCUT2D eigenvalue weighted by Crippen LogP contribution is -2.57. The highest BCUT2D eigenvalue weighted by Gasteiger charge is 2.43. The van der Waals surface area contributed by atoms with Crippen molar-refractivity contribution in [2.75, 3.05) is 26.9 Å². The van der Waals surface area contributed by atoms with Crippen LogP contribution in [0.4, 0.5) is 13.2 Å². The van der Waals surface area contributed by atoms with Crippen molar-refractivity contribution in [1.29, 1.82) is 0 Å². The number of hydrogen-bond donors (Lipinski definition) is 1. The molecule has 110 valence electrons. The van der Waals surface area contributed by atoms with Crippen LogP contribution in [0.2, 0.25) is 0 Å². The van der Waals surface area contributed by atoms with Gasteiger partial charge in [0.1, 0.15) is 0 Å². The summed E-state index contributed by atoms with van der Waals surface area (Å²) in [4.78, 5) is 12.0. The van der Waals surface area contributed by atoms with E-state index in [4.69, 9.17) is 9.47 Å². The minimum Gasteiger partial charge on any atom is -0.467 e. The third-order valence-electron chi connectivity index (χ3n) is 3.23. The Morgan fingerprint density at radius 3 is 2.45 bits per heavy atom. The van der Waals surface area contributed by atoms with Gasteiger partial charge in [-0.2, -0.15) is 13.2 Å². The lowest BCUT2D eigenvalue weighted by atomic mass is 9.89. The first-order chi connectivity index (χ1) is 9.40. The number of morpholine rings is 1. The summed E-state index contributed by atoms with van der Waals surface area (Å²) in [6.07, 6.45) is -4.41. The number of ether oxygens (including phenoxy) is 2. The maximum absolute atomic E-state index is 12.6. The highest BCUT2D eigenvalue weighted by Crippen LogP contribution is 2.32. The van der Waals surface area contributed by atoms with Crippen molar-refractivity contribution in [3.63, 3.8) is 0 Å². The molecule has 2 rings (SSSR count). The summed E-state index contributed by atoms with van der Waals surface area (Å²) >= 11 is 0. The predicted octanol–water partition coefficient (Wildman–Crippen LogP) is 1.69. The van der Waals surface area contributed by atoms with Crippen molar-refractivity contribution in [1.82, 2.24) is 5.32 Å². The smallest absolute Gasteiger partial charge is 0.416 e.